The van der Waals surface area contributed by atoms with Crippen LogP contribution in [0.25, 0.3) is 0 Å². The van der Waals surface area contributed by atoms with Gasteiger partial charge in [-0.05, 0) is 30.5 Å². The Morgan fingerprint density at radius 1 is 1.24 bits per heavy atom. The molecule has 1 heterocycles. The van der Waals surface area contributed by atoms with Crippen molar-refractivity contribution in [2.45, 2.75) is 24.5 Å². The number of ether oxygens (including phenoxy) is 1. The van der Waals surface area contributed by atoms with Crippen LogP contribution in [-0.2, 0) is 25.8 Å². The number of hydrogen-bond donors (Lipinski definition) is 0. The fraction of sp³-hybridized carbons (Fsp3) is 0.533. The third-order valence-corrected chi connectivity index (χ3v) is 5.61. The molecule has 1 saturated heterocycles. The normalized spacial score (nSPS) is 16.8. The second kappa shape index (κ2) is 6.47. The van der Waals surface area contributed by atoms with Crippen molar-refractivity contribution in [3.63, 3.8) is 0 Å². The van der Waals surface area contributed by atoms with Gasteiger partial charge in [-0.1, -0.05) is 12.1 Å². The van der Waals surface area contributed by atoms with Crippen LogP contribution in [0.2, 0.25) is 0 Å². The maximum atomic E-state index is 11.5. The highest BCUT2D eigenvalue weighted by molar-refractivity contribution is 7.91. The van der Waals surface area contributed by atoms with Crippen LogP contribution in [-0.4, -0.2) is 46.1 Å². The SMILES string of the molecule is COC(=O)Cc1ccc(N2CCC(S(C)(=O)=O)CC2)cc1. The van der Waals surface area contributed by atoms with Gasteiger partial charge < -0.3 is 9.64 Å². The van der Waals surface area contributed by atoms with Crippen molar-refractivity contribution in [2.24, 2.45) is 0 Å². The first kappa shape index (κ1) is 15.8. The van der Waals surface area contributed by atoms with Crippen LogP contribution >= 0.6 is 0 Å². The van der Waals surface area contributed by atoms with E-state index in [2.05, 4.69) is 9.64 Å². The van der Waals surface area contributed by atoms with Gasteiger partial charge in [0, 0.05) is 25.0 Å². The van der Waals surface area contributed by atoms with Gasteiger partial charge in [0.05, 0.1) is 18.8 Å². The number of carbonyl (C=O) groups is 1. The minimum atomic E-state index is -2.93. The Kier molecular flexibility index (Phi) is 4.88. The number of nitrogens with zero attached hydrogens (tertiary/aromatic N) is 1. The first-order chi connectivity index (χ1) is 9.90. The third-order valence-electron chi connectivity index (χ3n) is 3.93. The molecule has 21 heavy (non-hydrogen) atoms. The van der Waals surface area contributed by atoms with Crippen LogP contribution in [0.1, 0.15) is 18.4 Å². The van der Waals surface area contributed by atoms with Crippen molar-refractivity contribution in [3.8, 4) is 0 Å². The van der Waals surface area contributed by atoms with Crippen LogP contribution in [0.15, 0.2) is 24.3 Å². The van der Waals surface area contributed by atoms with Gasteiger partial charge in [0.15, 0.2) is 0 Å². The number of methoxy groups -OCH3 is 1. The molecule has 0 aliphatic carbocycles. The fourth-order valence-corrected chi connectivity index (χ4v) is 3.67. The molecule has 0 aromatic heterocycles. The largest absolute Gasteiger partial charge is 0.469 e. The third kappa shape index (κ3) is 4.20. The summed E-state index contributed by atoms with van der Waals surface area (Å²) in [4.78, 5) is 13.4. The highest BCUT2D eigenvalue weighted by atomic mass is 32.2. The molecular formula is C15H21NO4S. The lowest BCUT2D eigenvalue weighted by Crippen LogP contribution is -2.39. The number of sulfone groups is 1. The van der Waals surface area contributed by atoms with Crippen LogP contribution in [0.3, 0.4) is 0 Å². The maximum Gasteiger partial charge on any atom is 0.309 e. The smallest absolute Gasteiger partial charge is 0.309 e. The van der Waals surface area contributed by atoms with Gasteiger partial charge >= 0.3 is 5.97 Å². The van der Waals surface area contributed by atoms with E-state index in [9.17, 15) is 13.2 Å². The Morgan fingerprint density at radius 2 is 1.81 bits per heavy atom. The van der Waals surface area contributed by atoms with E-state index in [4.69, 9.17) is 0 Å². The van der Waals surface area contributed by atoms with Gasteiger partial charge in [-0.15, -0.1) is 0 Å². The number of rotatable bonds is 4. The highest BCUT2D eigenvalue weighted by Crippen LogP contribution is 2.23. The number of benzene rings is 1. The molecule has 0 N–H and O–H groups in total. The molecule has 1 aliphatic heterocycles. The van der Waals surface area contributed by atoms with Gasteiger partial charge in [-0.3, -0.25) is 4.79 Å². The molecule has 0 saturated carbocycles. The Bertz CT molecular complexity index is 587. The Morgan fingerprint density at radius 3 is 2.29 bits per heavy atom. The average Bonchev–Trinajstić information content (AvgIpc) is 2.47. The molecule has 116 valence electrons. The Labute approximate surface area is 125 Å². The summed E-state index contributed by atoms with van der Waals surface area (Å²) in [6.45, 7) is 1.49. The molecule has 1 fully saturated rings. The maximum absolute atomic E-state index is 11.5. The van der Waals surface area contributed by atoms with Gasteiger partial charge in [0.2, 0.25) is 0 Å². The monoisotopic (exact) mass is 311 g/mol. The molecule has 0 radical (unpaired) electrons. The van der Waals surface area contributed by atoms with E-state index < -0.39 is 9.84 Å². The van der Waals surface area contributed by atoms with Crippen molar-refractivity contribution in [1.29, 1.82) is 0 Å². The standard InChI is InChI=1S/C15H21NO4S/c1-20-15(17)11-12-3-5-13(6-4-12)16-9-7-14(8-10-16)21(2,18)19/h3-6,14H,7-11H2,1-2H3. The first-order valence-electron chi connectivity index (χ1n) is 6.99. The highest BCUT2D eigenvalue weighted by Gasteiger charge is 2.26. The topological polar surface area (TPSA) is 63.7 Å². The molecule has 0 unspecified atom stereocenters. The Hall–Kier alpha value is -1.56. The minimum absolute atomic E-state index is 0.215. The van der Waals surface area contributed by atoms with Crippen LogP contribution in [0, 0.1) is 0 Å². The molecule has 0 atom stereocenters. The van der Waals surface area contributed by atoms with E-state index in [1.807, 2.05) is 24.3 Å². The number of esters is 1. The second-order valence-electron chi connectivity index (χ2n) is 5.44. The summed E-state index contributed by atoms with van der Waals surface area (Å²) in [6, 6.07) is 7.77. The minimum Gasteiger partial charge on any atom is -0.469 e. The number of anilines is 1. The van der Waals surface area contributed by atoms with E-state index in [1.54, 1.807) is 0 Å². The van der Waals surface area contributed by atoms with Crippen molar-refractivity contribution < 1.29 is 17.9 Å². The molecule has 1 aromatic rings. The summed E-state index contributed by atoms with van der Waals surface area (Å²) in [5, 5.41) is -0.215. The van der Waals surface area contributed by atoms with Crippen LogP contribution in [0.4, 0.5) is 5.69 Å². The van der Waals surface area contributed by atoms with Crippen molar-refractivity contribution in [2.75, 3.05) is 31.4 Å². The number of carbonyl (C=O) groups excluding carboxylic acids is 1. The van der Waals surface area contributed by atoms with Crippen molar-refractivity contribution in [3.05, 3.63) is 29.8 Å². The van der Waals surface area contributed by atoms with Crippen LogP contribution < -0.4 is 4.90 Å². The lowest BCUT2D eigenvalue weighted by Gasteiger charge is -2.32. The molecule has 1 aliphatic rings. The van der Waals surface area contributed by atoms with E-state index in [1.165, 1.54) is 13.4 Å². The molecular weight excluding hydrogens is 290 g/mol. The summed E-state index contributed by atoms with van der Waals surface area (Å²) in [5.74, 6) is -0.253. The zero-order valence-electron chi connectivity index (χ0n) is 12.4. The summed E-state index contributed by atoms with van der Waals surface area (Å²) in [6.07, 6.45) is 2.92. The second-order valence-corrected chi connectivity index (χ2v) is 7.76. The van der Waals surface area contributed by atoms with Crippen molar-refractivity contribution in [1.82, 2.24) is 0 Å². The molecule has 6 heteroatoms. The zero-order chi connectivity index (χ0) is 15.5. The predicted octanol–water partition coefficient (Wildman–Crippen LogP) is 1.42. The fourth-order valence-electron chi connectivity index (χ4n) is 2.61. The molecule has 0 bridgehead atoms. The molecule has 0 spiro atoms. The van der Waals surface area contributed by atoms with E-state index in [0.717, 1.165) is 24.3 Å². The van der Waals surface area contributed by atoms with E-state index >= 15 is 0 Å². The summed E-state index contributed by atoms with van der Waals surface area (Å²) in [7, 11) is -1.56. The molecule has 1 aromatic carbocycles. The van der Waals surface area contributed by atoms with Gasteiger partial charge in [0.1, 0.15) is 9.84 Å². The summed E-state index contributed by atoms with van der Waals surface area (Å²) in [5.41, 5.74) is 1.98. The lowest BCUT2D eigenvalue weighted by molar-refractivity contribution is -0.139. The Balaban J connectivity index is 1.96. The quantitative estimate of drug-likeness (QED) is 0.787. The predicted molar refractivity (Wildman–Crippen MR) is 82.2 cm³/mol. The molecule has 5 nitrogen and oxygen atoms in total. The average molecular weight is 311 g/mol. The molecule has 0 amide bonds. The van der Waals surface area contributed by atoms with Gasteiger partial charge in [-0.25, -0.2) is 8.42 Å². The number of hydrogen-bond acceptors (Lipinski definition) is 5. The zero-order valence-corrected chi connectivity index (χ0v) is 13.2. The van der Waals surface area contributed by atoms with E-state index in [0.29, 0.717) is 12.8 Å². The van der Waals surface area contributed by atoms with Gasteiger partial charge in [0.25, 0.3) is 0 Å². The van der Waals surface area contributed by atoms with E-state index in [-0.39, 0.29) is 17.6 Å². The van der Waals surface area contributed by atoms with Crippen molar-refractivity contribution >= 4 is 21.5 Å². The van der Waals surface area contributed by atoms with Crippen LogP contribution in [0.5, 0.6) is 0 Å². The number of piperidine rings is 1. The lowest BCUT2D eigenvalue weighted by atomic mass is 10.1. The van der Waals surface area contributed by atoms with Gasteiger partial charge in [-0.2, -0.15) is 0 Å². The molecule has 2 rings (SSSR count). The summed E-state index contributed by atoms with van der Waals surface area (Å²) < 4.78 is 27.7. The first-order valence-corrected chi connectivity index (χ1v) is 8.95. The summed E-state index contributed by atoms with van der Waals surface area (Å²) >= 11 is 0.